The number of methoxy groups -OCH3 is 2. The molecule has 0 radical (unpaired) electrons. The maximum absolute atomic E-state index is 10.8. The third-order valence-corrected chi connectivity index (χ3v) is 4.47. The van der Waals surface area contributed by atoms with Gasteiger partial charge in [-0.3, -0.25) is 4.79 Å². The third kappa shape index (κ3) is 5.41. The minimum absolute atomic E-state index is 0.102. The van der Waals surface area contributed by atoms with Crippen LogP contribution in [0.15, 0.2) is 36.4 Å². The Hall–Kier alpha value is -2.17. The van der Waals surface area contributed by atoms with Gasteiger partial charge in [-0.25, -0.2) is 0 Å². The number of ether oxygens (including phenoxy) is 2. The number of aliphatic carboxylic acids is 1. The summed E-state index contributed by atoms with van der Waals surface area (Å²) >= 11 is 12.4. The van der Waals surface area contributed by atoms with Crippen LogP contribution in [0.3, 0.4) is 0 Å². The van der Waals surface area contributed by atoms with Crippen LogP contribution in [0.1, 0.15) is 30.4 Å². The highest BCUT2D eigenvalue weighted by molar-refractivity contribution is 6.32. The van der Waals surface area contributed by atoms with Crippen molar-refractivity contribution in [2.24, 2.45) is 0 Å². The van der Waals surface area contributed by atoms with Crippen LogP contribution >= 0.6 is 23.2 Å². The molecule has 4 nitrogen and oxygen atoms in total. The Kier molecular flexibility index (Phi) is 7.37. The van der Waals surface area contributed by atoms with Crippen LogP contribution in [0.25, 0.3) is 11.6 Å². The minimum atomic E-state index is -0.815. The van der Waals surface area contributed by atoms with E-state index < -0.39 is 5.97 Å². The van der Waals surface area contributed by atoms with Crippen LogP contribution in [-0.2, 0) is 4.79 Å². The van der Waals surface area contributed by atoms with Gasteiger partial charge in [-0.15, -0.1) is 0 Å². The predicted molar refractivity (Wildman–Crippen MR) is 105 cm³/mol. The van der Waals surface area contributed by atoms with Crippen molar-refractivity contribution in [2.75, 3.05) is 14.2 Å². The highest BCUT2D eigenvalue weighted by Gasteiger charge is 2.09. The Balaban J connectivity index is 2.38. The largest absolute Gasteiger partial charge is 0.495 e. The molecule has 6 heteroatoms. The van der Waals surface area contributed by atoms with Crippen molar-refractivity contribution in [1.29, 1.82) is 0 Å². The highest BCUT2D eigenvalue weighted by atomic mass is 35.5. The number of hydrogen-bond acceptors (Lipinski definition) is 3. The summed E-state index contributed by atoms with van der Waals surface area (Å²) in [6, 6.07) is 11.0. The molecular formula is C20H20Cl2O4. The number of hydrogen-bond donors (Lipinski definition) is 1. The summed E-state index contributed by atoms with van der Waals surface area (Å²) in [5.41, 5.74) is 2.78. The van der Waals surface area contributed by atoms with Crippen LogP contribution < -0.4 is 9.47 Å². The molecular weight excluding hydrogens is 375 g/mol. The molecule has 1 N–H and O–H groups in total. The zero-order valence-corrected chi connectivity index (χ0v) is 16.1. The van der Waals surface area contributed by atoms with Crippen molar-refractivity contribution in [3.63, 3.8) is 0 Å². The van der Waals surface area contributed by atoms with Crippen molar-refractivity contribution >= 4 is 40.8 Å². The quantitative estimate of drug-likeness (QED) is 0.574. The first-order valence-corrected chi connectivity index (χ1v) is 8.80. The number of carboxylic acid groups (broad SMARTS) is 1. The summed E-state index contributed by atoms with van der Waals surface area (Å²) in [6.07, 6.45) is 3.20. The summed E-state index contributed by atoms with van der Waals surface area (Å²) in [5.74, 6) is 0.376. The molecule has 0 bridgehead atoms. The zero-order chi connectivity index (χ0) is 19.1. The van der Waals surface area contributed by atoms with Gasteiger partial charge in [0.2, 0.25) is 0 Å². The molecule has 0 unspecified atom stereocenters. The molecule has 0 aromatic heterocycles. The van der Waals surface area contributed by atoms with E-state index in [1.807, 2.05) is 30.3 Å². The van der Waals surface area contributed by atoms with E-state index in [0.29, 0.717) is 34.4 Å². The Morgan fingerprint density at radius 1 is 1.00 bits per heavy atom. The molecule has 0 aliphatic heterocycles. The Bertz CT molecular complexity index is 815. The minimum Gasteiger partial charge on any atom is -0.495 e. The first kappa shape index (κ1) is 20.1. The highest BCUT2D eigenvalue weighted by Crippen LogP contribution is 2.32. The first-order valence-electron chi connectivity index (χ1n) is 8.04. The summed E-state index contributed by atoms with van der Waals surface area (Å²) in [5, 5.41) is 9.92. The predicted octanol–water partition coefficient (Wildman–Crippen LogP) is 5.81. The SMILES string of the molecule is COc1ccc(/C=C(\CCCC(=O)O)c2ccc(OC)c(Cl)c2)cc1Cl. The lowest BCUT2D eigenvalue weighted by molar-refractivity contribution is -0.137. The molecule has 0 heterocycles. The molecule has 0 aliphatic rings. The Morgan fingerprint density at radius 3 is 2.15 bits per heavy atom. The van der Waals surface area contributed by atoms with Crippen molar-refractivity contribution in [2.45, 2.75) is 19.3 Å². The van der Waals surface area contributed by atoms with Crippen molar-refractivity contribution in [1.82, 2.24) is 0 Å². The van der Waals surface area contributed by atoms with Crippen LogP contribution in [0, 0.1) is 0 Å². The molecule has 0 aliphatic carbocycles. The number of rotatable bonds is 8. The molecule has 0 saturated carbocycles. The van der Waals surface area contributed by atoms with Crippen molar-refractivity contribution in [3.8, 4) is 11.5 Å². The average molecular weight is 395 g/mol. The lowest BCUT2D eigenvalue weighted by Gasteiger charge is -2.11. The van der Waals surface area contributed by atoms with E-state index in [1.54, 1.807) is 26.4 Å². The standard InChI is InChI=1S/C20H20Cl2O4/c1-25-18-8-6-13(11-16(18)21)10-14(4-3-5-20(23)24)15-7-9-19(26-2)17(22)12-15/h6-12H,3-5H2,1-2H3,(H,23,24)/b14-10+. The summed E-state index contributed by atoms with van der Waals surface area (Å²) in [6.45, 7) is 0. The van der Waals surface area contributed by atoms with Gasteiger partial charge in [0.05, 0.1) is 24.3 Å². The second-order valence-electron chi connectivity index (χ2n) is 5.66. The molecule has 0 atom stereocenters. The number of allylic oxidation sites excluding steroid dienone is 1. The van der Waals surface area contributed by atoms with Gasteiger partial charge in [0.15, 0.2) is 0 Å². The fourth-order valence-corrected chi connectivity index (χ4v) is 3.09. The molecule has 2 aromatic carbocycles. The van der Waals surface area contributed by atoms with E-state index >= 15 is 0 Å². The van der Waals surface area contributed by atoms with Crippen LogP contribution in [0.2, 0.25) is 10.0 Å². The van der Waals surface area contributed by atoms with E-state index in [-0.39, 0.29) is 6.42 Å². The number of carboxylic acids is 1. The molecule has 138 valence electrons. The maximum atomic E-state index is 10.8. The van der Waals surface area contributed by atoms with E-state index in [2.05, 4.69) is 0 Å². The van der Waals surface area contributed by atoms with Gasteiger partial charge >= 0.3 is 5.97 Å². The van der Waals surface area contributed by atoms with Gasteiger partial charge in [-0.1, -0.05) is 41.4 Å². The number of carbonyl (C=O) groups is 1. The second kappa shape index (κ2) is 9.51. The second-order valence-corrected chi connectivity index (χ2v) is 6.47. The maximum Gasteiger partial charge on any atom is 0.303 e. The smallest absolute Gasteiger partial charge is 0.303 e. The Morgan fingerprint density at radius 2 is 1.62 bits per heavy atom. The van der Waals surface area contributed by atoms with Gasteiger partial charge < -0.3 is 14.6 Å². The van der Waals surface area contributed by atoms with Crippen molar-refractivity contribution < 1.29 is 19.4 Å². The van der Waals surface area contributed by atoms with Crippen LogP contribution in [0.5, 0.6) is 11.5 Å². The topological polar surface area (TPSA) is 55.8 Å². The van der Waals surface area contributed by atoms with E-state index in [1.165, 1.54) is 0 Å². The van der Waals surface area contributed by atoms with Gasteiger partial charge in [-0.2, -0.15) is 0 Å². The van der Waals surface area contributed by atoms with Crippen LogP contribution in [-0.4, -0.2) is 25.3 Å². The molecule has 0 spiro atoms. The van der Waals surface area contributed by atoms with Crippen LogP contribution in [0.4, 0.5) is 0 Å². The third-order valence-electron chi connectivity index (χ3n) is 3.88. The van der Waals surface area contributed by atoms with Gasteiger partial charge in [0, 0.05) is 6.42 Å². The Labute approximate surface area is 163 Å². The van der Waals surface area contributed by atoms with Gasteiger partial charge in [-0.05, 0) is 53.8 Å². The monoisotopic (exact) mass is 394 g/mol. The lowest BCUT2D eigenvalue weighted by atomic mass is 9.97. The van der Waals surface area contributed by atoms with Gasteiger partial charge in [0.25, 0.3) is 0 Å². The fourth-order valence-electron chi connectivity index (χ4n) is 2.57. The molecule has 26 heavy (non-hydrogen) atoms. The average Bonchev–Trinajstić information content (AvgIpc) is 2.60. The summed E-state index contributed by atoms with van der Waals surface area (Å²) in [7, 11) is 3.12. The first-order chi connectivity index (χ1) is 12.4. The van der Waals surface area contributed by atoms with Crippen molar-refractivity contribution in [3.05, 3.63) is 57.6 Å². The molecule has 2 aromatic rings. The number of halogens is 2. The normalized spacial score (nSPS) is 11.3. The summed E-state index contributed by atoms with van der Waals surface area (Å²) in [4.78, 5) is 10.8. The molecule has 0 fully saturated rings. The molecule has 0 saturated heterocycles. The van der Waals surface area contributed by atoms with E-state index in [0.717, 1.165) is 16.7 Å². The lowest BCUT2D eigenvalue weighted by Crippen LogP contribution is -1.95. The van der Waals surface area contributed by atoms with E-state index in [9.17, 15) is 4.79 Å². The zero-order valence-electron chi connectivity index (χ0n) is 14.6. The van der Waals surface area contributed by atoms with Gasteiger partial charge in [0.1, 0.15) is 11.5 Å². The van der Waals surface area contributed by atoms with E-state index in [4.69, 9.17) is 37.8 Å². The molecule has 0 amide bonds. The molecule has 2 rings (SSSR count). The fraction of sp³-hybridized carbons (Fsp3) is 0.250. The number of benzene rings is 2. The summed E-state index contributed by atoms with van der Waals surface area (Å²) < 4.78 is 10.4.